The van der Waals surface area contributed by atoms with E-state index < -0.39 is 24.4 Å². The summed E-state index contributed by atoms with van der Waals surface area (Å²) < 4.78 is 33.7. The van der Waals surface area contributed by atoms with Gasteiger partial charge in [0.1, 0.15) is 0 Å². The molecule has 1 aromatic rings. The van der Waals surface area contributed by atoms with Crippen LogP contribution in [0.2, 0.25) is 0 Å². The third-order valence-electron chi connectivity index (χ3n) is 5.27. The van der Waals surface area contributed by atoms with Gasteiger partial charge in [-0.15, -0.1) is 11.3 Å². The van der Waals surface area contributed by atoms with Crippen LogP contribution in [0.1, 0.15) is 24.8 Å². The highest BCUT2D eigenvalue weighted by Gasteiger charge is 2.41. The fourth-order valence-electron chi connectivity index (χ4n) is 3.83. The van der Waals surface area contributed by atoms with E-state index in [4.69, 9.17) is 9.84 Å². The van der Waals surface area contributed by atoms with Gasteiger partial charge in [0.25, 0.3) is 5.92 Å². The average molecular weight is 472 g/mol. The van der Waals surface area contributed by atoms with Gasteiger partial charge in [-0.05, 0) is 20.4 Å². The Morgan fingerprint density at radius 3 is 2.91 bits per heavy atom. The molecule has 0 aromatic carbocycles. The zero-order valence-electron chi connectivity index (χ0n) is 18.0. The van der Waals surface area contributed by atoms with Crippen LogP contribution in [0.3, 0.4) is 0 Å². The number of halogens is 2. The molecule has 0 spiro atoms. The maximum absolute atomic E-state index is 14.3. The number of likely N-dealkylation sites (tertiary alicyclic amines) is 1. The first kappa shape index (κ1) is 24.2. The van der Waals surface area contributed by atoms with Crippen molar-refractivity contribution in [2.75, 3.05) is 46.4 Å². The summed E-state index contributed by atoms with van der Waals surface area (Å²) in [5, 5.41) is 14.6. The van der Waals surface area contributed by atoms with Crippen molar-refractivity contribution in [3.05, 3.63) is 27.9 Å². The largest absolute Gasteiger partial charge is 0.480 e. The summed E-state index contributed by atoms with van der Waals surface area (Å²) in [5.74, 6) is -3.91. The lowest BCUT2D eigenvalue weighted by atomic mass is 9.97. The molecule has 0 aliphatic carbocycles. The Labute approximate surface area is 188 Å². The summed E-state index contributed by atoms with van der Waals surface area (Å²) in [7, 11) is 1.65. The fourth-order valence-corrected chi connectivity index (χ4v) is 4.43. The van der Waals surface area contributed by atoms with Crippen molar-refractivity contribution in [2.24, 2.45) is 4.99 Å². The van der Waals surface area contributed by atoms with Crippen molar-refractivity contribution in [1.29, 1.82) is 0 Å². The predicted octanol–water partition coefficient (Wildman–Crippen LogP) is 1.43. The highest BCUT2D eigenvalue weighted by atomic mass is 32.1. The molecule has 2 N–H and O–H groups in total. The molecule has 0 bridgehead atoms. The van der Waals surface area contributed by atoms with Crippen molar-refractivity contribution >= 4 is 29.1 Å². The van der Waals surface area contributed by atoms with Gasteiger partial charge >= 0.3 is 11.9 Å². The number of nitrogens with zero attached hydrogens (tertiary/aromatic N) is 4. The minimum atomic E-state index is -2.87. The maximum atomic E-state index is 14.3. The van der Waals surface area contributed by atoms with Crippen molar-refractivity contribution in [3.63, 3.8) is 0 Å². The topological polar surface area (TPSA) is 107 Å². The number of nitrogens with one attached hydrogen (secondary N) is 1. The number of ether oxygens (including phenoxy) is 1. The minimum absolute atomic E-state index is 0.0553. The van der Waals surface area contributed by atoms with Gasteiger partial charge in [0.05, 0.1) is 31.8 Å². The third-order valence-corrected chi connectivity index (χ3v) is 6.05. The second-order valence-corrected chi connectivity index (χ2v) is 8.74. The summed E-state index contributed by atoms with van der Waals surface area (Å²) in [4.78, 5) is 35.3. The molecule has 0 radical (unpaired) electrons. The summed E-state index contributed by atoms with van der Waals surface area (Å²) in [6, 6.07) is -0.293. The van der Waals surface area contributed by atoms with E-state index in [9.17, 15) is 18.4 Å². The second-order valence-electron chi connectivity index (χ2n) is 7.85. The molecular weight excluding hydrogens is 444 g/mol. The number of esters is 1. The normalized spacial score (nSPS) is 21.3. The molecule has 176 valence electrons. The van der Waals surface area contributed by atoms with Gasteiger partial charge < -0.3 is 15.2 Å². The van der Waals surface area contributed by atoms with Crippen LogP contribution in [0.4, 0.5) is 8.78 Å². The number of aliphatic carboxylic acids is 1. The number of carboxylic acid groups (broad SMARTS) is 1. The lowest BCUT2D eigenvalue weighted by Crippen LogP contribution is -2.54. The standard InChI is InChI=1S/C20H27F2N5O4S/c1-3-31-19(30)14-8-24-17(18-23-6-7-32-18)25-15(14)10-27-12-20(21,22)5-4-13(27)9-26(2)11-16(28)29/h6-7,13H,3-5,8-12H2,1-2H3,(H,24,25)(H,28,29). The number of amidine groups is 1. The highest BCUT2D eigenvalue weighted by Crippen LogP contribution is 2.31. The van der Waals surface area contributed by atoms with Crippen molar-refractivity contribution in [1.82, 2.24) is 20.1 Å². The Kier molecular flexibility index (Phi) is 7.91. The zero-order valence-corrected chi connectivity index (χ0v) is 18.8. The third kappa shape index (κ3) is 6.30. The van der Waals surface area contributed by atoms with E-state index in [-0.39, 0.29) is 45.1 Å². The number of carboxylic acids is 1. The van der Waals surface area contributed by atoms with Gasteiger partial charge in [0, 0.05) is 42.8 Å². The molecule has 3 rings (SSSR count). The van der Waals surface area contributed by atoms with Crippen molar-refractivity contribution in [2.45, 2.75) is 31.7 Å². The number of rotatable bonds is 9. The van der Waals surface area contributed by atoms with Crippen LogP contribution in [0.25, 0.3) is 0 Å². The Bertz CT molecular complexity index is 891. The predicted molar refractivity (Wildman–Crippen MR) is 115 cm³/mol. The highest BCUT2D eigenvalue weighted by molar-refractivity contribution is 7.11. The van der Waals surface area contributed by atoms with Crippen LogP contribution in [0.5, 0.6) is 0 Å². The van der Waals surface area contributed by atoms with Crippen LogP contribution in [0, 0.1) is 0 Å². The molecule has 2 aliphatic heterocycles. The number of hydrogen-bond donors (Lipinski definition) is 2. The van der Waals surface area contributed by atoms with Crippen LogP contribution >= 0.6 is 11.3 Å². The van der Waals surface area contributed by atoms with Crippen molar-refractivity contribution in [3.8, 4) is 0 Å². The lowest BCUT2D eigenvalue weighted by Gasteiger charge is -2.41. The van der Waals surface area contributed by atoms with Crippen LogP contribution in [0.15, 0.2) is 27.8 Å². The molecular formula is C20H27F2N5O4S. The monoisotopic (exact) mass is 471 g/mol. The van der Waals surface area contributed by atoms with E-state index in [0.29, 0.717) is 28.7 Å². The molecule has 32 heavy (non-hydrogen) atoms. The maximum Gasteiger partial charge on any atom is 0.337 e. The number of piperidine rings is 1. The molecule has 1 aromatic heterocycles. The number of thiazole rings is 1. The number of hydrogen-bond acceptors (Lipinski definition) is 9. The molecule has 1 unspecified atom stereocenters. The van der Waals surface area contributed by atoms with E-state index in [1.165, 1.54) is 11.3 Å². The number of aromatic nitrogens is 1. The Morgan fingerprint density at radius 1 is 1.47 bits per heavy atom. The quantitative estimate of drug-likeness (QED) is 0.521. The van der Waals surface area contributed by atoms with E-state index in [0.717, 1.165) is 0 Å². The van der Waals surface area contributed by atoms with Gasteiger partial charge in [0.2, 0.25) is 0 Å². The summed E-state index contributed by atoms with van der Waals surface area (Å²) in [6.45, 7) is 1.64. The molecule has 1 atom stereocenters. The second kappa shape index (κ2) is 10.5. The summed E-state index contributed by atoms with van der Waals surface area (Å²) in [5.41, 5.74) is 0.742. The molecule has 3 heterocycles. The first-order valence-corrected chi connectivity index (χ1v) is 11.2. The van der Waals surface area contributed by atoms with Crippen LogP contribution in [-0.4, -0.2) is 96.0 Å². The van der Waals surface area contributed by atoms with Crippen LogP contribution < -0.4 is 5.32 Å². The van der Waals surface area contributed by atoms with E-state index in [2.05, 4.69) is 15.3 Å². The number of likely N-dealkylation sites (N-methyl/N-ethyl adjacent to an activating group) is 1. The Morgan fingerprint density at radius 2 is 2.25 bits per heavy atom. The Balaban J connectivity index is 1.83. The number of carbonyl (C=O) groups excluding carboxylic acids is 1. The molecule has 1 saturated heterocycles. The summed E-state index contributed by atoms with van der Waals surface area (Å²) in [6.07, 6.45) is 1.58. The molecule has 0 saturated carbocycles. The van der Waals surface area contributed by atoms with E-state index >= 15 is 0 Å². The fraction of sp³-hybridized carbons (Fsp3) is 0.600. The minimum Gasteiger partial charge on any atom is -0.480 e. The van der Waals surface area contributed by atoms with Crippen molar-refractivity contribution < 1.29 is 28.2 Å². The number of aliphatic imine (C=N–C) groups is 1. The van der Waals surface area contributed by atoms with Gasteiger partial charge in [0.15, 0.2) is 10.8 Å². The summed E-state index contributed by atoms with van der Waals surface area (Å²) >= 11 is 1.37. The SMILES string of the molecule is CCOC(=O)C1=C(CN2CC(F)(F)CCC2CN(C)CC(=O)O)NC(c2nccs2)=NC1. The average Bonchev–Trinajstić information content (AvgIpc) is 3.24. The molecule has 12 heteroatoms. The smallest absolute Gasteiger partial charge is 0.337 e. The zero-order chi connectivity index (χ0) is 23.3. The first-order valence-electron chi connectivity index (χ1n) is 10.3. The van der Waals surface area contributed by atoms with E-state index in [1.54, 1.807) is 35.3 Å². The molecule has 2 aliphatic rings. The first-order chi connectivity index (χ1) is 15.2. The van der Waals surface area contributed by atoms with Crippen LogP contribution in [-0.2, 0) is 14.3 Å². The molecule has 9 nitrogen and oxygen atoms in total. The number of carbonyl (C=O) groups is 2. The van der Waals surface area contributed by atoms with Gasteiger partial charge in [-0.2, -0.15) is 0 Å². The molecule has 1 fully saturated rings. The molecule has 0 amide bonds. The van der Waals surface area contributed by atoms with Gasteiger partial charge in [-0.25, -0.2) is 18.6 Å². The Hall–Kier alpha value is -2.44. The number of alkyl halides is 2. The van der Waals surface area contributed by atoms with Gasteiger partial charge in [-0.3, -0.25) is 19.6 Å². The lowest BCUT2D eigenvalue weighted by molar-refractivity contribution is -0.139. The van der Waals surface area contributed by atoms with Gasteiger partial charge in [-0.1, -0.05) is 0 Å². The van der Waals surface area contributed by atoms with E-state index in [1.807, 2.05) is 0 Å².